The number of ether oxygens (including phenoxy) is 1. The van der Waals surface area contributed by atoms with E-state index in [2.05, 4.69) is 11.4 Å². The lowest BCUT2D eigenvalue weighted by molar-refractivity contribution is -0.141. The Morgan fingerprint density at radius 2 is 2.06 bits per heavy atom. The summed E-state index contributed by atoms with van der Waals surface area (Å²) in [5.74, 6) is -1.17. The van der Waals surface area contributed by atoms with E-state index in [1.54, 1.807) is 14.0 Å². The van der Waals surface area contributed by atoms with Gasteiger partial charge in [0.05, 0.1) is 12.5 Å². The summed E-state index contributed by atoms with van der Waals surface area (Å²) in [6.07, 6.45) is 0. The molecule has 0 bridgehead atoms. The Balaban J connectivity index is 2.52. The van der Waals surface area contributed by atoms with E-state index in [4.69, 9.17) is 9.84 Å². The summed E-state index contributed by atoms with van der Waals surface area (Å²) in [7, 11) is 1.67. The summed E-state index contributed by atoms with van der Waals surface area (Å²) in [4.78, 5) is 10.8. The maximum absolute atomic E-state index is 10.8. The Hall–Kier alpha value is -1.39. The maximum Gasteiger partial charge on any atom is 0.307 e. The molecule has 1 aromatic rings. The molecule has 1 rings (SSSR count). The second kappa shape index (κ2) is 7.13. The first kappa shape index (κ1) is 14.7. The lowest BCUT2D eigenvalue weighted by Gasteiger charge is -2.18. The second-order valence-corrected chi connectivity index (χ2v) is 4.55. The van der Waals surface area contributed by atoms with Crippen molar-refractivity contribution in [2.75, 3.05) is 7.11 Å². The molecule has 2 N–H and O–H groups in total. The quantitative estimate of drug-likeness (QED) is 0.778. The van der Waals surface area contributed by atoms with Gasteiger partial charge < -0.3 is 15.2 Å². The SMILES string of the molecule is COCc1cccc(CNC(C)C(C)C(=O)O)c1. The highest BCUT2D eigenvalue weighted by atomic mass is 16.5. The normalized spacial score (nSPS) is 14.2. The molecule has 0 saturated carbocycles. The third kappa shape index (κ3) is 4.47. The third-order valence-electron chi connectivity index (χ3n) is 3.07. The molecule has 2 unspecified atom stereocenters. The molecule has 0 saturated heterocycles. The Morgan fingerprint density at radius 3 is 2.67 bits per heavy atom. The zero-order chi connectivity index (χ0) is 13.5. The summed E-state index contributed by atoms with van der Waals surface area (Å²) < 4.78 is 5.08. The number of carbonyl (C=O) groups is 1. The van der Waals surface area contributed by atoms with E-state index < -0.39 is 11.9 Å². The lowest BCUT2D eigenvalue weighted by atomic mass is 10.0. The molecule has 0 heterocycles. The number of rotatable bonds is 7. The van der Waals surface area contributed by atoms with Gasteiger partial charge in [-0.3, -0.25) is 4.79 Å². The van der Waals surface area contributed by atoms with Crippen LogP contribution in [0.1, 0.15) is 25.0 Å². The van der Waals surface area contributed by atoms with Crippen molar-refractivity contribution in [1.82, 2.24) is 5.32 Å². The zero-order valence-electron chi connectivity index (χ0n) is 11.1. The molecule has 0 aliphatic heterocycles. The van der Waals surface area contributed by atoms with Crippen LogP contribution in [0, 0.1) is 5.92 Å². The van der Waals surface area contributed by atoms with Crippen molar-refractivity contribution in [3.8, 4) is 0 Å². The van der Waals surface area contributed by atoms with E-state index >= 15 is 0 Å². The third-order valence-corrected chi connectivity index (χ3v) is 3.07. The van der Waals surface area contributed by atoms with Crippen LogP contribution in [0.5, 0.6) is 0 Å². The fourth-order valence-electron chi connectivity index (χ4n) is 1.67. The van der Waals surface area contributed by atoms with Crippen molar-refractivity contribution in [2.24, 2.45) is 5.92 Å². The standard InChI is InChI=1S/C14H21NO3/c1-10(14(16)17)11(2)15-8-12-5-4-6-13(7-12)9-18-3/h4-7,10-11,15H,8-9H2,1-3H3,(H,16,17). The van der Waals surface area contributed by atoms with Gasteiger partial charge >= 0.3 is 5.97 Å². The van der Waals surface area contributed by atoms with Gasteiger partial charge in [-0.05, 0) is 18.1 Å². The Morgan fingerprint density at radius 1 is 1.39 bits per heavy atom. The van der Waals surface area contributed by atoms with Gasteiger partial charge in [0.25, 0.3) is 0 Å². The van der Waals surface area contributed by atoms with E-state index in [1.807, 2.05) is 25.1 Å². The first-order valence-corrected chi connectivity index (χ1v) is 6.07. The summed E-state index contributed by atoms with van der Waals surface area (Å²) in [6.45, 7) is 4.85. The van der Waals surface area contributed by atoms with Crippen LogP contribution in [0.4, 0.5) is 0 Å². The minimum Gasteiger partial charge on any atom is -0.481 e. The Bertz CT molecular complexity index is 392. The van der Waals surface area contributed by atoms with Crippen LogP contribution in [0.2, 0.25) is 0 Å². The number of aliphatic carboxylic acids is 1. The van der Waals surface area contributed by atoms with Crippen molar-refractivity contribution < 1.29 is 14.6 Å². The van der Waals surface area contributed by atoms with Gasteiger partial charge in [0, 0.05) is 19.7 Å². The van der Waals surface area contributed by atoms with E-state index in [1.165, 1.54) is 0 Å². The molecule has 100 valence electrons. The topological polar surface area (TPSA) is 58.6 Å². The Labute approximate surface area is 108 Å². The van der Waals surface area contributed by atoms with Crippen molar-refractivity contribution in [3.63, 3.8) is 0 Å². The minimum atomic E-state index is -0.775. The predicted octanol–water partition coefficient (Wildman–Crippen LogP) is 2.03. The minimum absolute atomic E-state index is 0.0615. The van der Waals surface area contributed by atoms with Crippen LogP contribution < -0.4 is 5.32 Å². The fraction of sp³-hybridized carbons (Fsp3) is 0.500. The average Bonchev–Trinajstić information content (AvgIpc) is 2.36. The van der Waals surface area contributed by atoms with Crippen molar-refractivity contribution in [3.05, 3.63) is 35.4 Å². The lowest BCUT2D eigenvalue weighted by Crippen LogP contribution is -2.35. The predicted molar refractivity (Wildman–Crippen MR) is 70.3 cm³/mol. The first-order valence-electron chi connectivity index (χ1n) is 6.07. The van der Waals surface area contributed by atoms with E-state index in [0.717, 1.165) is 11.1 Å². The molecule has 0 amide bonds. The molecule has 0 fully saturated rings. The summed E-state index contributed by atoms with van der Waals surface area (Å²) >= 11 is 0. The molecular weight excluding hydrogens is 230 g/mol. The molecule has 0 aliphatic carbocycles. The van der Waals surface area contributed by atoms with Gasteiger partial charge in [-0.1, -0.05) is 31.2 Å². The molecule has 0 aliphatic rings. The van der Waals surface area contributed by atoms with Crippen LogP contribution in [-0.4, -0.2) is 24.2 Å². The van der Waals surface area contributed by atoms with Crippen LogP contribution in [0.3, 0.4) is 0 Å². The number of carboxylic acid groups (broad SMARTS) is 1. The van der Waals surface area contributed by atoms with E-state index in [9.17, 15) is 4.79 Å². The van der Waals surface area contributed by atoms with Gasteiger partial charge in [0.2, 0.25) is 0 Å². The van der Waals surface area contributed by atoms with Gasteiger partial charge in [0.15, 0.2) is 0 Å². The molecule has 0 spiro atoms. The summed E-state index contributed by atoms with van der Waals surface area (Å²) in [6, 6.07) is 8.01. The summed E-state index contributed by atoms with van der Waals surface area (Å²) in [5, 5.41) is 12.1. The molecule has 18 heavy (non-hydrogen) atoms. The Kier molecular flexibility index (Phi) is 5.82. The largest absolute Gasteiger partial charge is 0.481 e. The smallest absolute Gasteiger partial charge is 0.307 e. The molecule has 0 radical (unpaired) electrons. The van der Waals surface area contributed by atoms with Gasteiger partial charge in [-0.15, -0.1) is 0 Å². The number of carboxylic acids is 1. The fourth-order valence-corrected chi connectivity index (χ4v) is 1.67. The van der Waals surface area contributed by atoms with Crippen molar-refractivity contribution >= 4 is 5.97 Å². The highest BCUT2D eigenvalue weighted by Crippen LogP contribution is 2.08. The van der Waals surface area contributed by atoms with E-state index in [-0.39, 0.29) is 6.04 Å². The van der Waals surface area contributed by atoms with Crippen molar-refractivity contribution in [2.45, 2.75) is 33.0 Å². The zero-order valence-corrected chi connectivity index (χ0v) is 11.1. The number of hydrogen-bond acceptors (Lipinski definition) is 3. The maximum atomic E-state index is 10.8. The van der Waals surface area contributed by atoms with Crippen LogP contribution in [0.25, 0.3) is 0 Å². The van der Waals surface area contributed by atoms with Crippen LogP contribution in [0.15, 0.2) is 24.3 Å². The second-order valence-electron chi connectivity index (χ2n) is 4.55. The average molecular weight is 251 g/mol. The highest BCUT2D eigenvalue weighted by molar-refractivity contribution is 5.70. The number of methoxy groups -OCH3 is 1. The number of benzene rings is 1. The number of nitrogens with one attached hydrogen (secondary N) is 1. The van der Waals surface area contributed by atoms with E-state index in [0.29, 0.717) is 13.2 Å². The van der Waals surface area contributed by atoms with Gasteiger partial charge in [0.1, 0.15) is 0 Å². The van der Waals surface area contributed by atoms with Crippen molar-refractivity contribution in [1.29, 1.82) is 0 Å². The molecule has 4 nitrogen and oxygen atoms in total. The molecule has 0 aromatic heterocycles. The van der Waals surface area contributed by atoms with Gasteiger partial charge in [-0.2, -0.15) is 0 Å². The molecule has 4 heteroatoms. The molecule has 2 atom stereocenters. The van der Waals surface area contributed by atoms with Crippen LogP contribution >= 0.6 is 0 Å². The first-order chi connectivity index (χ1) is 8.54. The molecule has 1 aromatic carbocycles. The molecular formula is C14H21NO3. The van der Waals surface area contributed by atoms with Crippen LogP contribution in [-0.2, 0) is 22.7 Å². The van der Waals surface area contributed by atoms with Gasteiger partial charge in [-0.25, -0.2) is 0 Å². The number of hydrogen-bond donors (Lipinski definition) is 2. The summed E-state index contributed by atoms with van der Waals surface area (Å²) in [5.41, 5.74) is 2.25. The monoisotopic (exact) mass is 251 g/mol. The highest BCUT2D eigenvalue weighted by Gasteiger charge is 2.18.